The molecule has 1 aliphatic heterocycles. The standard InChI is InChI=1S/C19H24FN3O2/c20-17-6-2-1-5-16(17)18(24)15-22-11-9-21(10-12-22)13-14-23-8-4-3-7-19(23)25/h1-8,18,24H,9-15H2/t18-/m0/s1. The third-order valence-electron chi connectivity index (χ3n) is 4.72. The highest BCUT2D eigenvalue weighted by molar-refractivity contribution is 5.20. The summed E-state index contributed by atoms with van der Waals surface area (Å²) in [4.78, 5) is 16.2. The molecule has 1 aromatic carbocycles. The van der Waals surface area contributed by atoms with Crippen LogP contribution in [0.1, 0.15) is 11.7 Å². The fourth-order valence-electron chi connectivity index (χ4n) is 3.18. The maximum atomic E-state index is 13.7. The Kier molecular flexibility index (Phi) is 5.96. The van der Waals surface area contributed by atoms with Crippen LogP contribution in [0.3, 0.4) is 0 Å². The summed E-state index contributed by atoms with van der Waals surface area (Å²) in [7, 11) is 0. The second kappa shape index (κ2) is 8.38. The number of piperazine rings is 1. The zero-order valence-electron chi connectivity index (χ0n) is 14.2. The number of aromatic nitrogens is 1. The largest absolute Gasteiger partial charge is 0.387 e. The lowest BCUT2D eigenvalue weighted by Gasteiger charge is -2.35. The highest BCUT2D eigenvalue weighted by Gasteiger charge is 2.21. The molecule has 5 nitrogen and oxygen atoms in total. The molecule has 0 bridgehead atoms. The Morgan fingerprint density at radius 2 is 1.64 bits per heavy atom. The van der Waals surface area contributed by atoms with Gasteiger partial charge >= 0.3 is 0 Å². The molecule has 0 unspecified atom stereocenters. The SMILES string of the molecule is O=c1ccccn1CCN1CCN(C[C@H](O)c2ccccc2F)CC1. The molecule has 1 N–H and O–H groups in total. The topological polar surface area (TPSA) is 48.7 Å². The van der Waals surface area contributed by atoms with Crippen LogP contribution in [-0.4, -0.2) is 58.7 Å². The van der Waals surface area contributed by atoms with Gasteiger partial charge in [0.15, 0.2) is 0 Å². The minimum Gasteiger partial charge on any atom is -0.387 e. The third-order valence-corrected chi connectivity index (χ3v) is 4.72. The molecule has 0 amide bonds. The second-order valence-corrected chi connectivity index (χ2v) is 6.41. The molecule has 0 saturated carbocycles. The number of hydrogen-bond donors (Lipinski definition) is 1. The molecule has 0 aliphatic carbocycles. The summed E-state index contributed by atoms with van der Waals surface area (Å²) < 4.78 is 15.5. The predicted octanol–water partition coefficient (Wildman–Crippen LogP) is 1.34. The first-order valence-corrected chi connectivity index (χ1v) is 8.66. The number of halogens is 1. The zero-order valence-corrected chi connectivity index (χ0v) is 14.2. The van der Waals surface area contributed by atoms with E-state index in [9.17, 15) is 14.3 Å². The van der Waals surface area contributed by atoms with Gasteiger partial charge in [-0.1, -0.05) is 24.3 Å². The lowest BCUT2D eigenvalue weighted by molar-refractivity contribution is 0.0697. The highest BCUT2D eigenvalue weighted by atomic mass is 19.1. The van der Waals surface area contributed by atoms with Gasteiger partial charge in [-0.3, -0.25) is 14.6 Å². The van der Waals surface area contributed by atoms with Crippen molar-refractivity contribution in [2.75, 3.05) is 39.3 Å². The van der Waals surface area contributed by atoms with Crippen molar-refractivity contribution in [3.8, 4) is 0 Å². The molecule has 3 rings (SSSR count). The van der Waals surface area contributed by atoms with Crippen molar-refractivity contribution in [3.63, 3.8) is 0 Å². The molecular formula is C19H24FN3O2. The summed E-state index contributed by atoms with van der Waals surface area (Å²) in [5, 5.41) is 10.3. The summed E-state index contributed by atoms with van der Waals surface area (Å²) in [5.74, 6) is -0.359. The van der Waals surface area contributed by atoms with Crippen molar-refractivity contribution in [2.24, 2.45) is 0 Å². The van der Waals surface area contributed by atoms with E-state index in [1.165, 1.54) is 6.07 Å². The van der Waals surface area contributed by atoms with Crippen molar-refractivity contribution in [1.82, 2.24) is 14.4 Å². The minimum atomic E-state index is -0.810. The van der Waals surface area contributed by atoms with Gasteiger partial charge in [0.25, 0.3) is 5.56 Å². The van der Waals surface area contributed by atoms with Crippen LogP contribution >= 0.6 is 0 Å². The van der Waals surface area contributed by atoms with E-state index in [1.807, 2.05) is 12.3 Å². The van der Waals surface area contributed by atoms with Crippen LogP contribution in [0.5, 0.6) is 0 Å². The van der Waals surface area contributed by atoms with E-state index in [1.54, 1.807) is 34.9 Å². The number of nitrogens with zero attached hydrogens (tertiary/aromatic N) is 3. The second-order valence-electron chi connectivity index (χ2n) is 6.41. The summed E-state index contributed by atoms with van der Waals surface area (Å²) >= 11 is 0. The van der Waals surface area contributed by atoms with Gasteiger partial charge in [-0.2, -0.15) is 0 Å². The van der Waals surface area contributed by atoms with Gasteiger partial charge in [0.1, 0.15) is 5.82 Å². The van der Waals surface area contributed by atoms with Gasteiger partial charge in [-0.05, 0) is 12.1 Å². The molecule has 0 spiro atoms. The lowest BCUT2D eigenvalue weighted by atomic mass is 10.1. The summed E-state index contributed by atoms with van der Waals surface area (Å²) in [6.07, 6.45) is 0.999. The van der Waals surface area contributed by atoms with E-state index in [2.05, 4.69) is 9.80 Å². The highest BCUT2D eigenvalue weighted by Crippen LogP contribution is 2.18. The molecule has 1 atom stereocenters. The monoisotopic (exact) mass is 345 g/mol. The van der Waals surface area contributed by atoms with E-state index in [4.69, 9.17) is 0 Å². The molecule has 0 radical (unpaired) electrons. The zero-order chi connectivity index (χ0) is 17.6. The molecule has 2 heterocycles. The molecule has 1 aromatic heterocycles. The molecule has 6 heteroatoms. The van der Waals surface area contributed by atoms with Crippen LogP contribution in [0.25, 0.3) is 0 Å². The Balaban J connectivity index is 1.45. The van der Waals surface area contributed by atoms with Crippen LogP contribution in [-0.2, 0) is 6.54 Å². The summed E-state index contributed by atoms with van der Waals surface area (Å²) in [6, 6.07) is 11.6. The molecule has 1 fully saturated rings. The van der Waals surface area contributed by atoms with Crippen molar-refractivity contribution >= 4 is 0 Å². The van der Waals surface area contributed by atoms with Crippen LogP contribution in [0.4, 0.5) is 4.39 Å². The van der Waals surface area contributed by atoms with Gasteiger partial charge in [0.05, 0.1) is 6.10 Å². The van der Waals surface area contributed by atoms with E-state index in [0.717, 1.165) is 32.7 Å². The summed E-state index contributed by atoms with van der Waals surface area (Å²) in [5.41, 5.74) is 0.377. The third kappa shape index (κ3) is 4.75. The quantitative estimate of drug-likeness (QED) is 0.858. The first-order valence-electron chi connectivity index (χ1n) is 8.66. The first-order chi connectivity index (χ1) is 12.1. The van der Waals surface area contributed by atoms with Crippen molar-refractivity contribution in [2.45, 2.75) is 12.6 Å². The van der Waals surface area contributed by atoms with E-state index >= 15 is 0 Å². The normalized spacial score (nSPS) is 17.5. The Morgan fingerprint density at radius 3 is 2.36 bits per heavy atom. The minimum absolute atomic E-state index is 0.0224. The number of hydrogen-bond acceptors (Lipinski definition) is 4. The Bertz CT molecular complexity index is 741. The maximum Gasteiger partial charge on any atom is 0.250 e. The number of aliphatic hydroxyl groups excluding tert-OH is 1. The van der Waals surface area contributed by atoms with Gasteiger partial charge in [-0.15, -0.1) is 0 Å². The number of rotatable bonds is 6. The van der Waals surface area contributed by atoms with E-state index in [0.29, 0.717) is 18.7 Å². The van der Waals surface area contributed by atoms with Gasteiger partial charge in [0.2, 0.25) is 0 Å². The van der Waals surface area contributed by atoms with Crippen LogP contribution in [0.2, 0.25) is 0 Å². The smallest absolute Gasteiger partial charge is 0.250 e. The van der Waals surface area contributed by atoms with Crippen LogP contribution in [0.15, 0.2) is 53.5 Å². The summed E-state index contributed by atoms with van der Waals surface area (Å²) in [6.45, 7) is 5.36. The van der Waals surface area contributed by atoms with Gasteiger partial charge < -0.3 is 9.67 Å². The first kappa shape index (κ1) is 17.8. The molecule has 1 saturated heterocycles. The average molecular weight is 345 g/mol. The Labute approximate surface area is 146 Å². The molecular weight excluding hydrogens is 321 g/mol. The van der Waals surface area contributed by atoms with Gasteiger partial charge in [0, 0.05) is 63.6 Å². The number of pyridine rings is 1. The van der Waals surface area contributed by atoms with Gasteiger partial charge in [-0.25, -0.2) is 4.39 Å². The Morgan fingerprint density at radius 1 is 0.960 bits per heavy atom. The fraction of sp³-hybridized carbons (Fsp3) is 0.421. The van der Waals surface area contributed by atoms with Crippen LogP contribution < -0.4 is 5.56 Å². The maximum absolute atomic E-state index is 13.7. The number of β-amino-alcohol motifs (C(OH)–C–C–N with tert-alkyl or cyclic N) is 1. The molecule has 1 aliphatic rings. The predicted molar refractivity (Wildman–Crippen MR) is 94.9 cm³/mol. The molecule has 134 valence electrons. The molecule has 2 aromatic rings. The Hall–Kier alpha value is -2.02. The van der Waals surface area contributed by atoms with E-state index in [-0.39, 0.29) is 11.4 Å². The average Bonchev–Trinajstić information content (AvgIpc) is 2.62. The van der Waals surface area contributed by atoms with Crippen molar-refractivity contribution in [3.05, 3.63) is 70.4 Å². The molecule has 25 heavy (non-hydrogen) atoms. The van der Waals surface area contributed by atoms with Crippen molar-refractivity contribution < 1.29 is 9.50 Å². The number of aliphatic hydroxyl groups is 1. The van der Waals surface area contributed by atoms with Crippen LogP contribution in [0, 0.1) is 5.82 Å². The van der Waals surface area contributed by atoms with E-state index < -0.39 is 6.10 Å². The van der Waals surface area contributed by atoms with Crippen molar-refractivity contribution in [1.29, 1.82) is 0 Å². The fourth-order valence-corrected chi connectivity index (χ4v) is 3.18. The lowest BCUT2D eigenvalue weighted by Crippen LogP contribution is -2.48. The number of benzene rings is 1.